The number of hydrogen-bond acceptors (Lipinski definition) is 3. The van der Waals surface area contributed by atoms with Gasteiger partial charge in [-0.2, -0.15) is 0 Å². The Kier molecular flexibility index (Phi) is 3.72. The molecule has 0 aromatic carbocycles. The van der Waals surface area contributed by atoms with Crippen LogP contribution in [0.3, 0.4) is 0 Å². The van der Waals surface area contributed by atoms with Crippen molar-refractivity contribution in [2.24, 2.45) is 5.73 Å². The van der Waals surface area contributed by atoms with Gasteiger partial charge in [0.05, 0.1) is 0 Å². The first-order valence-corrected chi connectivity index (χ1v) is 3.12. The van der Waals surface area contributed by atoms with Crippen LogP contribution >= 0.6 is 0 Å². The fourth-order valence-electron chi connectivity index (χ4n) is 0.330. The van der Waals surface area contributed by atoms with Gasteiger partial charge < -0.3 is 10.5 Å². The first-order valence-electron chi connectivity index (χ1n) is 3.12. The highest BCUT2D eigenvalue weighted by Gasteiger charge is 2.03. The van der Waals surface area contributed by atoms with Crippen molar-refractivity contribution in [1.82, 2.24) is 0 Å². The van der Waals surface area contributed by atoms with Gasteiger partial charge in [-0.25, -0.2) is 4.79 Å². The molecule has 0 rings (SSSR count). The highest BCUT2D eigenvalue weighted by Crippen LogP contribution is 1.91. The molecule has 0 heterocycles. The summed E-state index contributed by atoms with van der Waals surface area (Å²) in [5.41, 5.74) is 5.74. The van der Waals surface area contributed by atoms with Gasteiger partial charge in [-0.1, -0.05) is 6.58 Å². The van der Waals surface area contributed by atoms with E-state index >= 15 is 0 Å². The van der Waals surface area contributed by atoms with Crippen LogP contribution in [0.15, 0.2) is 12.2 Å². The molecule has 0 aromatic rings. The van der Waals surface area contributed by atoms with Crippen LogP contribution < -0.4 is 5.73 Å². The number of carbonyl (C=O) groups excluding carboxylic acids is 1. The number of rotatable bonds is 3. The number of nitrogens with two attached hydrogens (primary N) is 1. The maximum atomic E-state index is 10.7. The van der Waals surface area contributed by atoms with E-state index in [-0.39, 0.29) is 18.6 Å². The lowest BCUT2D eigenvalue weighted by molar-refractivity contribution is -0.139. The Morgan fingerprint density at radius 2 is 2.30 bits per heavy atom. The van der Waals surface area contributed by atoms with E-state index in [2.05, 4.69) is 6.58 Å². The monoisotopic (exact) mass is 143 g/mol. The molecule has 3 nitrogen and oxygen atoms in total. The summed E-state index contributed by atoms with van der Waals surface area (Å²) >= 11 is 0. The Bertz CT molecular complexity index is 141. The minimum absolute atomic E-state index is 0.108. The molecule has 0 aromatic heterocycles. The minimum atomic E-state index is -0.377. The predicted octanol–water partition coefficient (Wildman–Crippen LogP) is 0.453. The number of carbonyl (C=O) groups is 1. The lowest BCUT2D eigenvalue weighted by Gasteiger charge is -2.05. The van der Waals surface area contributed by atoms with E-state index in [1.165, 1.54) is 0 Å². The van der Waals surface area contributed by atoms with Crippen molar-refractivity contribution in [2.75, 3.05) is 6.61 Å². The van der Waals surface area contributed by atoms with Crippen molar-refractivity contribution in [3.05, 3.63) is 12.2 Å². The van der Waals surface area contributed by atoms with Gasteiger partial charge in [0.2, 0.25) is 0 Å². The van der Waals surface area contributed by atoms with Crippen LogP contribution in [-0.2, 0) is 9.53 Å². The molecule has 0 amide bonds. The van der Waals surface area contributed by atoms with Gasteiger partial charge in [-0.3, -0.25) is 0 Å². The molecule has 58 valence electrons. The van der Waals surface area contributed by atoms with Crippen molar-refractivity contribution in [1.29, 1.82) is 0 Å². The molecule has 1 unspecified atom stereocenters. The zero-order valence-electron chi connectivity index (χ0n) is 6.39. The summed E-state index contributed by atoms with van der Waals surface area (Å²) in [6, 6.07) is -0.108. The van der Waals surface area contributed by atoms with Crippen LogP contribution in [-0.4, -0.2) is 18.6 Å². The van der Waals surface area contributed by atoms with Crippen LogP contribution in [0.2, 0.25) is 0 Å². The van der Waals surface area contributed by atoms with Gasteiger partial charge in [-0.05, 0) is 13.8 Å². The molecular weight excluding hydrogens is 130 g/mol. The molecule has 3 heteroatoms. The Balaban J connectivity index is 3.50. The van der Waals surface area contributed by atoms with E-state index in [0.717, 1.165) is 0 Å². The van der Waals surface area contributed by atoms with Crippen molar-refractivity contribution in [2.45, 2.75) is 19.9 Å². The Labute approximate surface area is 60.9 Å². The summed E-state index contributed by atoms with van der Waals surface area (Å²) in [6.45, 7) is 7.04. The zero-order chi connectivity index (χ0) is 8.15. The molecular formula is C7H13NO2. The quantitative estimate of drug-likeness (QED) is 0.461. The lowest BCUT2D eigenvalue weighted by atomic mass is 10.3. The average Bonchev–Trinajstić information content (AvgIpc) is 1.82. The fourth-order valence-corrected chi connectivity index (χ4v) is 0.330. The summed E-state index contributed by atoms with van der Waals surface area (Å²) in [5.74, 6) is -0.377. The van der Waals surface area contributed by atoms with Gasteiger partial charge in [0.1, 0.15) is 6.61 Å². The van der Waals surface area contributed by atoms with Crippen molar-refractivity contribution in [3.63, 3.8) is 0 Å². The zero-order valence-corrected chi connectivity index (χ0v) is 6.39. The molecule has 1 atom stereocenters. The van der Waals surface area contributed by atoms with Crippen LogP contribution in [0.1, 0.15) is 13.8 Å². The summed E-state index contributed by atoms with van der Waals surface area (Å²) in [5, 5.41) is 0. The van der Waals surface area contributed by atoms with Crippen molar-refractivity contribution >= 4 is 5.97 Å². The summed E-state index contributed by atoms with van der Waals surface area (Å²) in [7, 11) is 0. The largest absolute Gasteiger partial charge is 0.461 e. The number of ether oxygens (including phenoxy) is 1. The fraction of sp³-hybridized carbons (Fsp3) is 0.571. The highest BCUT2D eigenvalue weighted by atomic mass is 16.5. The molecule has 0 radical (unpaired) electrons. The molecule has 2 N–H and O–H groups in total. The number of esters is 1. The third-order valence-electron chi connectivity index (χ3n) is 0.826. The second kappa shape index (κ2) is 4.06. The molecule has 0 aliphatic rings. The van der Waals surface area contributed by atoms with Crippen LogP contribution in [0, 0.1) is 0 Å². The van der Waals surface area contributed by atoms with E-state index in [1.807, 2.05) is 0 Å². The minimum Gasteiger partial charge on any atom is -0.461 e. The number of hydrogen-bond donors (Lipinski definition) is 1. The van der Waals surface area contributed by atoms with Gasteiger partial charge in [0.15, 0.2) is 0 Å². The maximum absolute atomic E-state index is 10.7. The first-order chi connectivity index (χ1) is 4.54. The van der Waals surface area contributed by atoms with Gasteiger partial charge in [-0.15, -0.1) is 0 Å². The second-order valence-corrected chi connectivity index (χ2v) is 2.36. The van der Waals surface area contributed by atoms with Crippen molar-refractivity contribution < 1.29 is 9.53 Å². The van der Waals surface area contributed by atoms with Crippen LogP contribution in [0.4, 0.5) is 0 Å². The average molecular weight is 143 g/mol. The third kappa shape index (κ3) is 4.09. The SMILES string of the molecule is C=C(C)C(=O)OCC(C)N. The molecule has 0 saturated heterocycles. The van der Waals surface area contributed by atoms with E-state index in [1.54, 1.807) is 13.8 Å². The Morgan fingerprint density at radius 1 is 1.80 bits per heavy atom. The molecule has 10 heavy (non-hydrogen) atoms. The van der Waals surface area contributed by atoms with E-state index in [4.69, 9.17) is 10.5 Å². The smallest absolute Gasteiger partial charge is 0.333 e. The van der Waals surface area contributed by atoms with Crippen LogP contribution in [0.25, 0.3) is 0 Å². The predicted molar refractivity (Wildman–Crippen MR) is 39.4 cm³/mol. The molecule has 0 bridgehead atoms. The molecule has 0 aliphatic carbocycles. The van der Waals surface area contributed by atoms with Crippen LogP contribution in [0.5, 0.6) is 0 Å². The van der Waals surface area contributed by atoms with E-state index in [0.29, 0.717) is 5.57 Å². The van der Waals surface area contributed by atoms with Gasteiger partial charge in [0, 0.05) is 11.6 Å². The Morgan fingerprint density at radius 3 is 2.60 bits per heavy atom. The topological polar surface area (TPSA) is 52.3 Å². The molecule has 0 aliphatic heterocycles. The normalized spacial score (nSPS) is 12.3. The summed E-state index contributed by atoms with van der Waals surface area (Å²) in [6.07, 6.45) is 0. The third-order valence-corrected chi connectivity index (χ3v) is 0.826. The maximum Gasteiger partial charge on any atom is 0.333 e. The van der Waals surface area contributed by atoms with Gasteiger partial charge >= 0.3 is 5.97 Å². The summed E-state index contributed by atoms with van der Waals surface area (Å²) in [4.78, 5) is 10.7. The second-order valence-electron chi connectivity index (χ2n) is 2.36. The summed E-state index contributed by atoms with van der Waals surface area (Å²) < 4.78 is 4.70. The highest BCUT2D eigenvalue weighted by molar-refractivity contribution is 5.86. The molecule has 0 saturated carbocycles. The lowest BCUT2D eigenvalue weighted by Crippen LogP contribution is -2.24. The molecule has 0 spiro atoms. The van der Waals surface area contributed by atoms with Gasteiger partial charge in [0.25, 0.3) is 0 Å². The molecule has 0 fully saturated rings. The Hall–Kier alpha value is -0.830. The standard InChI is InChI=1S/C7H13NO2/c1-5(2)7(9)10-4-6(3)8/h6H,1,4,8H2,2-3H3. The van der Waals surface area contributed by atoms with E-state index < -0.39 is 0 Å². The first kappa shape index (κ1) is 9.17. The van der Waals surface area contributed by atoms with E-state index in [9.17, 15) is 4.79 Å². The van der Waals surface area contributed by atoms with Crippen molar-refractivity contribution in [3.8, 4) is 0 Å².